The molecule has 156 valence electrons. The fraction of sp³-hybridized carbons (Fsp3) is 0.650. The van der Waals surface area contributed by atoms with E-state index in [1.54, 1.807) is 10.6 Å². The van der Waals surface area contributed by atoms with Crippen molar-refractivity contribution >= 4 is 26.9 Å². The van der Waals surface area contributed by atoms with Crippen LogP contribution in [0.25, 0.3) is 11.0 Å². The van der Waals surface area contributed by atoms with E-state index in [4.69, 9.17) is 5.26 Å². The molecule has 8 nitrogen and oxygen atoms in total. The van der Waals surface area contributed by atoms with E-state index in [0.29, 0.717) is 32.0 Å². The number of hydrogen-bond acceptors (Lipinski definition) is 6. The molecule has 2 aliphatic rings. The lowest BCUT2D eigenvalue weighted by molar-refractivity contribution is 0.299. The Morgan fingerprint density at radius 2 is 1.93 bits per heavy atom. The first-order valence-corrected chi connectivity index (χ1v) is 12.0. The third kappa shape index (κ3) is 4.23. The number of nitriles is 1. The highest BCUT2D eigenvalue weighted by Gasteiger charge is 2.33. The Labute approximate surface area is 172 Å². The first kappa shape index (κ1) is 20.1. The maximum Gasteiger partial charge on any atom is 0.214 e. The van der Waals surface area contributed by atoms with Gasteiger partial charge in [-0.3, -0.25) is 0 Å². The van der Waals surface area contributed by atoms with Gasteiger partial charge < -0.3 is 9.88 Å². The van der Waals surface area contributed by atoms with E-state index in [9.17, 15) is 8.42 Å². The van der Waals surface area contributed by atoms with E-state index in [-0.39, 0.29) is 17.6 Å². The molecule has 3 heterocycles. The van der Waals surface area contributed by atoms with E-state index in [1.807, 2.05) is 12.3 Å². The van der Waals surface area contributed by atoms with Crippen LogP contribution >= 0.6 is 0 Å². The Bertz CT molecular complexity index is 982. The van der Waals surface area contributed by atoms with Gasteiger partial charge in [-0.1, -0.05) is 0 Å². The summed E-state index contributed by atoms with van der Waals surface area (Å²) in [5.41, 5.74) is 0.835. The van der Waals surface area contributed by atoms with E-state index >= 15 is 0 Å². The molecule has 2 aromatic rings. The first-order chi connectivity index (χ1) is 14.0. The Balaban J connectivity index is 1.34. The Hall–Kier alpha value is -2.18. The molecule has 9 heteroatoms. The van der Waals surface area contributed by atoms with Crippen LogP contribution in [-0.4, -0.2) is 59.6 Å². The van der Waals surface area contributed by atoms with Crippen molar-refractivity contribution in [1.29, 1.82) is 5.26 Å². The molecule has 0 aromatic carbocycles. The minimum absolute atomic E-state index is 0.000662. The van der Waals surface area contributed by atoms with Gasteiger partial charge in [0.2, 0.25) is 10.0 Å². The van der Waals surface area contributed by atoms with Gasteiger partial charge in [0.1, 0.15) is 17.8 Å². The van der Waals surface area contributed by atoms with Gasteiger partial charge >= 0.3 is 0 Å². The number of fused-ring (bicyclic) bond motifs is 1. The number of piperidine rings is 1. The smallest absolute Gasteiger partial charge is 0.214 e. The predicted molar refractivity (Wildman–Crippen MR) is 112 cm³/mol. The van der Waals surface area contributed by atoms with Gasteiger partial charge in [-0.2, -0.15) is 5.26 Å². The molecule has 2 aromatic heterocycles. The standard InChI is InChI=1S/C20H28N6O2S/c1-25(20-18-6-9-22-19(18)23-14-24-20)17-4-2-16(3-5-17)13-29(27,28)26-10-7-15(12-21)8-11-26/h6,9,14-17H,2-5,7-8,10-11,13H2,1H3,(H,22,23,24). The lowest BCUT2D eigenvalue weighted by Gasteiger charge is -2.36. The molecule has 4 rings (SSSR count). The molecule has 1 saturated carbocycles. The van der Waals surface area contributed by atoms with Gasteiger partial charge in [-0.05, 0) is 50.5 Å². The topological polar surface area (TPSA) is 106 Å². The molecular weight excluding hydrogens is 388 g/mol. The summed E-state index contributed by atoms with van der Waals surface area (Å²) < 4.78 is 27.2. The molecule has 1 aliphatic carbocycles. The molecular formula is C20H28N6O2S. The highest BCUT2D eigenvalue weighted by molar-refractivity contribution is 7.89. The van der Waals surface area contributed by atoms with Gasteiger partial charge in [0.05, 0.1) is 17.2 Å². The fourth-order valence-electron chi connectivity index (χ4n) is 4.68. The van der Waals surface area contributed by atoms with Gasteiger partial charge in [0, 0.05) is 38.3 Å². The second kappa shape index (κ2) is 8.28. The van der Waals surface area contributed by atoms with Crippen LogP contribution < -0.4 is 4.90 Å². The molecule has 1 aliphatic heterocycles. The fourth-order valence-corrected chi connectivity index (χ4v) is 6.58. The Kier molecular flexibility index (Phi) is 5.74. The van der Waals surface area contributed by atoms with Crippen molar-refractivity contribution in [2.24, 2.45) is 11.8 Å². The number of aromatic nitrogens is 3. The van der Waals surface area contributed by atoms with Crippen molar-refractivity contribution in [2.75, 3.05) is 30.8 Å². The van der Waals surface area contributed by atoms with Crippen LogP contribution in [0, 0.1) is 23.2 Å². The normalized spacial score (nSPS) is 24.4. The highest BCUT2D eigenvalue weighted by Crippen LogP contribution is 2.32. The second-order valence-electron chi connectivity index (χ2n) is 8.30. The number of hydrogen-bond donors (Lipinski definition) is 1. The number of sulfonamides is 1. The SMILES string of the molecule is CN(c1ncnc2[nH]ccc12)C1CCC(CS(=O)(=O)N2CCC(C#N)CC2)CC1. The third-order valence-electron chi connectivity index (χ3n) is 6.51. The van der Waals surface area contributed by atoms with Crippen molar-refractivity contribution in [1.82, 2.24) is 19.3 Å². The predicted octanol–water partition coefficient (Wildman–Crippen LogP) is 2.52. The summed E-state index contributed by atoms with van der Waals surface area (Å²) in [6, 6.07) is 4.61. The summed E-state index contributed by atoms with van der Waals surface area (Å²) in [6.07, 6.45) is 8.50. The molecule has 2 fully saturated rings. The van der Waals surface area contributed by atoms with Crippen LogP contribution in [0.2, 0.25) is 0 Å². The lowest BCUT2D eigenvalue weighted by atomic mass is 9.86. The first-order valence-electron chi connectivity index (χ1n) is 10.4. The number of nitrogens with one attached hydrogen (secondary N) is 1. The largest absolute Gasteiger partial charge is 0.356 e. The van der Waals surface area contributed by atoms with Crippen LogP contribution in [-0.2, 0) is 10.0 Å². The number of H-pyrrole nitrogens is 1. The van der Waals surface area contributed by atoms with Crippen molar-refractivity contribution in [3.8, 4) is 6.07 Å². The van der Waals surface area contributed by atoms with Crippen LogP contribution in [0.5, 0.6) is 0 Å². The second-order valence-corrected chi connectivity index (χ2v) is 10.3. The summed E-state index contributed by atoms with van der Waals surface area (Å²) in [5, 5.41) is 10.0. The average molecular weight is 417 g/mol. The third-order valence-corrected chi connectivity index (χ3v) is 8.55. The van der Waals surface area contributed by atoms with Crippen LogP contribution in [0.3, 0.4) is 0 Å². The van der Waals surface area contributed by atoms with Crippen LogP contribution in [0.4, 0.5) is 5.82 Å². The van der Waals surface area contributed by atoms with Crippen molar-refractivity contribution in [3.63, 3.8) is 0 Å². The minimum atomic E-state index is -3.24. The summed E-state index contributed by atoms with van der Waals surface area (Å²) in [4.78, 5) is 14.1. The van der Waals surface area contributed by atoms with Crippen molar-refractivity contribution in [2.45, 2.75) is 44.6 Å². The summed E-state index contributed by atoms with van der Waals surface area (Å²) in [5.74, 6) is 1.36. The van der Waals surface area contributed by atoms with Gasteiger partial charge in [-0.15, -0.1) is 0 Å². The number of aromatic amines is 1. The molecule has 0 unspecified atom stereocenters. The summed E-state index contributed by atoms with van der Waals surface area (Å²) >= 11 is 0. The maximum absolute atomic E-state index is 12.8. The zero-order valence-electron chi connectivity index (χ0n) is 16.8. The summed E-state index contributed by atoms with van der Waals surface area (Å²) in [7, 11) is -1.17. The van der Waals surface area contributed by atoms with E-state index < -0.39 is 10.0 Å². The van der Waals surface area contributed by atoms with Crippen LogP contribution in [0.1, 0.15) is 38.5 Å². The number of anilines is 1. The Morgan fingerprint density at radius 1 is 1.21 bits per heavy atom. The van der Waals surface area contributed by atoms with Gasteiger partial charge in [0.15, 0.2) is 0 Å². The summed E-state index contributed by atoms with van der Waals surface area (Å²) in [6.45, 7) is 0.970. The van der Waals surface area contributed by atoms with E-state index in [2.05, 4.69) is 33.0 Å². The van der Waals surface area contributed by atoms with Gasteiger partial charge in [0.25, 0.3) is 0 Å². The van der Waals surface area contributed by atoms with Crippen LogP contribution in [0.15, 0.2) is 18.6 Å². The molecule has 0 bridgehead atoms. The zero-order chi connectivity index (χ0) is 20.4. The van der Waals surface area contributed by atoms with E-state index in [0.717, 1.165) is 42.5 Å². The minimum Gasteiger partial charge on any atom is -0.356 e. The number of rotatable bonds is 5. The van der Waals surface area contributed by atoms with Crippen molar-refractivity contribution < 1.29 is 8.42 Å². The quantitative estimate of drug-likeness (QED) is 0.803. The number of nitrogens with zero attached hydrogens (tertiary/aromatic N) is 5. The zero-order valence-corrected chi connectivity index (χ0v) is 17.6. The molecule has 0 atom stereocenters. The molecule has 1 N–H and O–H groups in total. The van der Waals surface area contributed by atoms with E-state index in [1.165, 1.54) is 0 Å². The molecule has 1 saturated heterocycles. The van der Waals surface area contributed by atoms with Gasteiger partial charge in [-0.25, -0.2) is 22.7 Å². The highest BCUT2D eigenvalue weighted by atomic mass is 32.2. The molecule has 0 amide bonds. The van der Waals surface area contributed by atoms with Crippen molar-refractivity contribution in [3.05, 3.63) is 18.6 Å². The molecule has 0 spiro atoms. The molecule has 0 radical (unpaired) electrons. The maximum atomic E-state index is 12.8. The Morgan fingerprint density at radius 3 is 2.62 bits per heavy atom. The average Bonchev–Trinajstić information content (AvgIpc) is 3.22. The molecule has 29 heavy (non-hydrogen) atoms. The monoisotopic (exact) mass is 416 g/mol. The lowest BCUT2D eigenvalue weighted by Crippen LogP contribution is -2.42.